The van der Waals surface area contributed by atoms with E-state index in [9.17, 15) is 0 Å². The average molecular weight is 321 g/mol. The van der Waals surface area contributed by atoms with Crippen LogP contribution in [0.15, 0.2) is 0 Å². The van der Waals surface area contributed by atoms with E-state index in [4.69, 9.17) is 0 Å². The maximum Gasteiger partial charge on any atom is 1.00 e. The topological polar surface area (TPSA) is 27.0 Å². The Morgan fingerprint density at radius 1 is 1.08 bits per heavy atom. The summed E-state index contributed by atoms with van der Waals surface area (Å²) in [6.07, 6.45) is 2.93. The van der Waals surface area contributed by atoms with E-state index in [0.717, 1.165) is 11.5 Å². The molecular weight excluding hydrogens is 307 g/mol. The van der Waals surface area contributed by atoms with E-state index in [0.29, 0.717) is 11.8 Å². The average Bonchev–Trinajstić information content (AvgIpc) is 2.33. The third-order valence-electron chi connectivity index (χ3n) is 1.58. The van der Waals surface area contributed by atoms with Gasteiger partial charge in [0.25, 0.3) is 0 Å². The Kier molecular flexibility index (Phi) is 12.5. The van der Waals surface area contributed by atoms with E-state index in [1.165, 1.54) is 0 Å². The second-order valence-corrected chi connectivity index (χ2v) is 3.39. The monoisotopic (exact) mass is 320 g/mol. The van der Waals surface area contributed by atoms with E-state index in [1.54, 1.807) is 0 Å². The fourth-order valence-electron chi connectivity index (χ4n) is 0.804. The fraction of sp³-hybridized carbons (Fsp3) is 0.667. The molecule has 0 atom stereocenters. The smallest absolute Gasteiger partial charge is 0.640 e. The number of aromatic nitrogens is 2. The first kappa shape index (κ1) is 18.2. The third-order valence-corrected chi connectivity index (χ3v) is 1.58. The molecule has 0 unspecified atom stereocenters. The van der Waals surface area contributed by atoms with Gasteiger partial charge in [0.05, 0.1) is 0 Å². The zero-order valence-corrected chi connectivity index (χ0v) is 19.4. The zero-order valence-electron chi connectivity index (χ0n) is 9.55. The Hall–Kier alpha value is 2.82. The first-order valence-electron chi connectivity index (χ1n) is 4.03. The molecule has 2 nitrogen and oxygen atoms in total. The summed E-state index contributed by atoms with van der Waals surface area (Å²) in [5.74, 6) is 1.77. The first-order valence-corrected chi connectivity index (χ1v) is 4.03. The SMILES string of the molecule is CC(C)c1[c-]nc(C(C)C)[n-]1.[Rb+].[Rb+]. The van der Waals surface area contributed by atoms with Crippen LogP contribution < -0.4 is 121 Å². The Morgan fingerprint density at radius 2 is 1.62 bits per heavy atom. The van der Waals surface area contributed by atoms with Gasteiger partial charge in [0.1, 0.15) is 0 Å². The summed E-state index contributed by atoms with van der Waals surface area (Å²) >= 11 is 0. The molecule has 13 heavy (non-hydrogen) atoms. The molecule has 4 heteroatoms. The molecule has 0 spiro atoms. The van der Waals surface area contributed by atoms with Crippen molar-refractivity contribution < 1.29 is 116 Å². The van der Waals surface area contributed by atoms with Gasteiger partial charge in [0, 0.05) is 0 Å². The molecule has 0 fully saturated rings. The van der Waals surface area contributed by atoms with Gasteiger partial charge < -0.3 is 9.97 Å². The second kappa shape index (κ2) is 8.91. The summed E-state index contributed by atoms with van der Waals surface area (Å²) in [7, 11) is 0. The van der Waals surface area contributed by atoms with Crippen LogP contribution in [0.25, 0.3) is 0 Å². The number of hydrogen-bond acceptors (Lipinski definition) is 1. The fourth-order valence-corrected chi connectivity index (χ4v) is 0.804. The molecule has 0 saturated carbocycles. The van der Waals surface area contributed by atoms with E-state index in [1.807, 2.05) is 0 Å². The molecule has 0 radical (unpaired) electrons. The van der Waals surface area contributed by atoms with Crippen LogP contribution in [0.3, 0.4) is 0 Å². The molecule has 1 heterocycles. The maximum atomic E-state index is 4.34. The van der Waals surface area contributed by atoms with Crippen LogP contribution in [0.5, 0.6) is 0 Å². The predicted molar refractivity (Wildman–Crippen MR) is 44.6 cm³/mol. The summed E-state index contributed by atoms with van der Waals surface area (Å²) in [5.41, 5.74) is 0.980. The Labute approximate surface area is 179 Å². The van der Waals surface area contributed by atoms with Crippen molar-refractivity contribution in [2.75, 3.05) is 0 Å². The van der Waals surface area contributed by atoms with Gasteiger partial charge in [-0.2, -0.15) is 5.69 Å². The van der Waals surface area contributed by atoms with E-state index in [2.05, 4.69) is 43.9 Å². The van der Waals surface area contributed by atoms with Crippen molar-refractivity contribution in [1.82, 2.24) is 9.97 Å². The van der Waals surface area contributed by atoms with Crippen molar-refractivity contribution in [3.63, 3.8) is 0 Å². The minimum atomic E-state index is 0. The predicted octanol–water partition coefficient (Wildman–Crippen LogP) is -3.91. The van der Waals surface area contributed by atoms with Crippen molar-refractivity contribution in [2.24, 2.45) is 0 Å². The molecule has 0 aliphatic rings. The van der Waals surface area contributed by atoms with Crippen molar-refractivity contribution >= 4 is 0 Å². The molecule has 62 valence electrons. The Balaban J connectivity index is 0. The molecular formula is C9H14N2Rb2. The molecule has 1 aromatic heterocycles. The van der Waals surface area contributed by atoms with Crippen LogP contribution in [0.1, 0.15) is 51.0 Å². The summed E-state index contributed by atoms with van der Waals surface area (Å²) in [5, 5.41) is 0. The van der Waals surface area contributed by atoms with Gasteiger partial charge in [-0.3, -0.25) is 6.20 Å². The molecule has 0 bridgehead atoms. The second-order valence-electron chi connectivity index (χ2n) is 3.39. The number of nitrogens with zero attached hydrogens (tertiary/aromatic N) is 2. The summed E-state index contributed by atoms with van der Waals surface area (Å²) < 4.78 is 0. The molecule has 0 aliphatic carbocycles. The molecule has 0 saturated heterocycles. The van der Waals surface area contributed by atoms with Crippen LogP contribution in [0.4, 0.5) is 0 Å². The largest absolute Gasteiger partial charge is 1.00 e. The first-order chi connectivity index (χ1) is 5.11. The minimum Gasteiger partial charge on any atom is -0.640 e. The van der Waals surface area contributed by atoms with E-state index < -0.39 is 0 Å². The van der Waals surface area contributed by atoms with Crippen molar-refractivity contribution in [2.45, 2.75) is 39.5 Å². The van der Waals surface area contributed by atoms with Gasteiger partial charge in [0.15, 0.2) is 0 Å². The summed E-state index contributed by atoms with van der Waals surface area (Å²) in [6, 6.07) is 0. The van der Waals surface area contributed by atoms with Gasteiger partial charge in [-0.15, -0.1) is 0 Å². The Morgan fingerprint density at radius 3 is 1.85 bits per heavy atom. The van der Waals surface area contributed by atoms with Gasteiger partial charge in [-0.25, -0.2) is 5.82 Å². The summed E-state index contributed by atoms with van der Waals surface area (Å²) in [4.78, 5) is 8.44. The number of hydrogen-bond donors (Lipinski definition) is 0. The van der Waals surface area contributed by atoms with Crippen LogP contribution in [-0.2, 0) is 0 Å². The molecule has 0 aliphatic heterocycles. The molecule has 0 amide bonds. The maximum absolute atomic E-state index is 4.34. The van der Waals surface area contributed by atoms with E-state index in [-0.39, 0.29) is 116 Å². The molecule has 1 rings (SSSR count). The normalized spacial score (nSPS) is 9.69. The molecule has 0 aromatic carbocycles. The molecule has 1 aromatic rings. The van der Waals surface area contributed by atoms with Crippen molar-refractivity contribution in [3.05, 3.63) is 17.7 Å². The van der Waals surface area contributed by atoms with E-state index >= 15 is 0 Å². The standard InChI is InChI=1S/C9H14N2.2Rb/c1-6(2)8-5-10-9(11-8)7(3)4;;/h6-7H,1-4H3;;/q-2;2*+1. The van der Waals surface area contributed by atoms with Crippen molar-refractivity contribution in [3.8, 4) is 0 Å². The molecule has 0 N–H and O–H groups in total. The number of imidazole rings is 1. The third kappa shape index (κ3) is 6.20. The Bertz CT molecular complexity index is 209. The van der Waals surface area contributed by atoms with Crippen LogP contribution in [0, 0.1) is 6.20 Å². The minimum absolute atomic E-state index is 0. The quantitative estimate of drug-likeness (QED) is 0.521. The van der Waals surface area contributed by atoms with Gasteiger partial charge in [-0.1, -0.05) is 33.6 Å². The number of rotatable bonds is 2. The van der Waals surface area contributed by atoms with Gasteiger partial charge in [-0.05, 0) is 5.92 Å². The summed E-state index contributed by atoms with van der Waals surface area (Å²) in [6.45, 7) is 8.38. The van der Waals surface area contributed by atoms with Gasteiger partial charge >= 0.3 is 116 Å². The zero-order chi connectivity index (χ0) is 8.43. The van der Waals surface area contributed by atoms with Gasteiger partial charge in [0.2, 0.25) is 0 Å². The van der Waals surface area contributed by atoms with Crippen LogP contribution in [-0.4, -0.2) is 4.98 Å². The van der Waals surface area contributed by atoms with Crippen molar-refractivity contribution in [1.29, 1.82) is 0 Å². The van der Waals surface area contributed by atoms with Crippen LogP contribution >= 0.6 is 0 Å². The van der Waals surface area contributed by atoms with Crippen LogP contribution in [0.2, 0.25) is 0 Å².